The van der Waals surface area contributed by atoms with Gasteiger partial charge in [-0.3, -0.25) is 9.59 Å². The molecule has 2 N–H and O–H groups in total. The van der Waals surface area contributed by atoms with E-state index in [1.807, 2.05) is 58.0 Å². The summed E-state index contributed by atoms with van der Waals surface area (Å²) in [7, 11) is 0. The van der Waals surface area contributed by atoms with Crippen molar-refractivity contribution in [3.05, 3.63) is 35.9 Å². The van der Waals surface area contributed by atoms with Crippen LogP contribution in [-0.4, -0.2) is 23.9 Å². The molecular weight excluding hydrogens is 252 g/mol. The molecule has 0 saturated heterocycles. The van der Waals surface area contributed by atoms with Crippen LogP contribution in [0, 0.1) is 5.92 Å². The SMILES string of the molecule is CC(C)NC(=O)C(NC(=O)Cc1ccccc1)C(C)C. The number of hydrogen-bond donors (Lipinski definition) is 2. The molecule has 4 heteroatoms. The van der Waals surface area contributed by atoms with Crippen molar-refractivity contribution in [1.29, 1.82) is 0 Å². The van der Waals surface area contributed by atoms with E-state index in [0.717, 1.165) is 5.56 Å². The molecule has 0 bridgehead atoms. The number of nitrogens with one attached hydrogen (secondary N) is 2. The highest BCUT2D eigenvalue weighted by atomic mass is 16.2. The summed E-state index contributed by atoms with van der Waals surface area (Å²) in [6.07, 6.45) is 0.291. The molecule has 4 nitrogen and oxygen atoms in total. The lowest BCUT2D eigenvalue weighted by atomic mass is 10.0. The molecule has 0 heterocycles. The summed E-state index contributed by atoms with van der Waals surface area (Å²) in [4.78, 5) is 24.1. The smallest absolute Gasteiger partial charge is 0.243 e. The number of carbonyl (C=O) groups excluding carboxylic acids is 2. The van der Waals surface area contributed by atoms with Crippen LogP contribution in [0.5, 0.6) is 0 Å². The topological polar surface area (TPSA) is 58.2 Å². The standard InChI is InChI=1S/C16H24N2O2/c1-11(2)15(16(20)17-12(3)4)18-14(19)10-13-8-6-5-7-9-13/h5-9,11-12,15H,10H2,1-4H3,(H,17,20)(H,18,19). The highest BCUT2D eigenvalue weighted by molar-refractivity contribution is 5.88. The highest BCUT2D eigenvalue weighted by Gasteiger charge is 2.24. The Labute approximate surface area is 121 Å². The van der Waals surface area contributed by atoms with E-state index < -0.39 is 6.04 Å². The molecule has 1 atom stereocenters. The Bertz CT molecular complexity index is 441. The lowest BCUT2D eigenvalue weighted by Crippen LogP contribution is -2.51. The summed E-state index contributed by atoms with van der Waals surface area (Å²) in [5, 5.41) is 5.66. The molecule has 0 radical (unpaired) electrons. The number of rotatable bonds is 6. The van der Waals surface area contributed by atoms with Gasteiger partial charge in [0.15, 0.2) is 0 Å². The Hall–Kier alpha value is -1.84. The fraction of sp³-hybridized carbons (Fsp3) is 0.500. The summed E-state index contributed by atoms with van der Waals surface area (Å²) in [5.41, 5.74) is 0.941. The summed E-state index contributed by atoms with van der Waals surface area (Å²) < 4.78 is 0. The summed E-state index contributed by atoms with van der Waals surface area (Å²) in [6, 6.07) is 9.08. The van der Waals surface area contributed by atoms with Gasteiger partial charge in [0.1, 0.15) is 6.04 Å². The number of carbonyl (C=O) groups is 2. The van der Waals surface area contributed by atoms with Crippen molar-refractivity contribution in [1.82, 2.24) is 10.6 Å². The Kier molecular flexibility index (Phi) is 6.22. The van der Waals surface area contributed by atoms with Crippen LogP contribution in [0.2, 0.25) is 0 Å². The van der Waals surface area contributed by atoms with Gasteiger partial charge in [-0.1, -0.05) is 44.2 Å². The lowest BCUT2D eigenvalue weighted by molar-refractivity contribution is -0.130. The second-order valence-electron chi connectivity index (χ2n) is 5.61. The van der Waals surface area contributed by atoms with E-state index >= 15 is 0 Å². The first-order valence-electron chi connectivity index (χ1n) is 7.03. The quantitative estimate of drug-likeness (QED) is 0.833. The van der Waals surface area contributed by atoms with E-state index in [1.165, 1.54) is 0 Å². The molecule has 1 aromatic rings. The number of benzene rings is 1. The van der Waals surface area contributed by atoms with Gasteiger partial charge in [-0.15, -0.1) is 0 Å². The predicted octanol–water partition coefficient (Wildman–Crippen LogP) is 1.89. The van der Waals surface area contributed by atoms with Gasteiger partial charge >= 0.3 is 0 Å². The van der Waals surface area contributed by atoms with Crippen molar-refractivity contribution in [2.24, 2.45) is 5.92 Å². The first-order chi connectivity index (χ1) is 9.40. The van der Waals surface area contributed by atoms with Gasteiger partial charge in [-0.05, 0) is 25.3 Å². The van der Waals surface area contributed by atoms with Gasteiger partial charge < -0.3 is 10.6 Å². The third kappa shape index (κ3) is 5.43. The summed E-state index contributed by atoms with van der Waals surface area (Å²) in [6.45, 7) is 7.66. The molecule has 0 aromatic heterocycles. The lowest BCUT2D eigenvalue weighted by Gasteiger charge is -2.23. The molecule has 0 aliphatic rings. The van der Waals surface area contributed by atoms with E-state index in [4.69, 9.17) is 0 Å². The van der Waals surface area contributed by atoms with Crippen molar-refractivity contribution < 1.29 is 9.59 Å². The van der Waals surface area contributed by atoms with E-state index in [9.17, 15) is 9.59 Å². The van der Waals surface area contributed by atoms with Crippen LogP contribution in [-0.2, 0) is 16.0 Å². The van der Waals surface area contributed by atoms with Gasteiger partial charge in [0.2, 0.25) is 11.8 Å². The molecule has 2 amide bonds. The molecule has 20 heavy (non-hydrogen) atoms. The first kappa shape index (κ1) is 16.2. The third-order valence-corrected chi connectivity index (χ3v) is 2.90. The average molecular weight is 276 g/mol. The fourth-order valence-corrected chi connectivity index (χ4v) is 1.91. The van der Waals surface area contributed by atoms with Crippen molar-refractivity contribution in [2.75, 3.05) is 0 Å². The molecule has 1 unspecified atom stereocenters. The van der Waals surface area contributed by atoms with Crippen LogP contribution in [0.1, 0.15) is 33.3 Å². The Balaban J connectivity index is 2.61. The van der Waals surface area contributed by atoms with Crippen LogP contribution in [0.3, 0.4) is 0 Å². The second kappa shape index (κ2) is 7.68. The summed E-state index contributed by atoms with van der Waals surface area (Å²) in [5.74, 6) is -0.210. The number of amides is 2. The van der Waals surface area contributed by atoms with Gasteiger partial charge in [-0.25, -0.2) is 0 Å². The molecule has 0 saturated carbocycles. The third-order valence-electron chi connectivity index (χ3n) is 2.90. The van der Waals surface area contributed by atoms with Crippen LogP contribution in [0.15, 0.2) is 30.3 Å². The minimum absolute atomic E-state index is 0.0495. The van der Waals surface area contributed by atoms with Gasteiger partial charge in [-0.2, -0.15) is 0 Å². The molecule has 0 fully saturated rings. The van der Waals surface area contributed by atoms with E-state index in [2.05, 4.69) is 10.6 Å². The maximum Gasteiger partial charge on any atom is 0.243 e. The van der Waals surface area contributed by atoms with Gasteiger partial charge in [0.25, 0.3) is 0 Å². The molecular formula is C16H24N2O2. The van der Waals surface area contributed by atoms with Crippen LogP contribution in [0.25, 0.3) is 0 Å². The fourth-order valence-electron chi connectivity index (χ4n) is 1.91. The van der Waals surface area contributed by atoms with Gasteiger partial charge in [0, 0.05) is 6.04 Å². The van der Waals surface area contributed by atoms with Crippen LogP contribution in [0.4, 0.5) is 0 Å². The van der Waals surface area contributed by atoms with Gasteiger partial charge in [0.05, 0.1) is 6.42 Å². The van der Waals surface area contributed by atoms with Crippen molar-refractivity contribution in [2.45, 2.75) is 46.2 Å². The second-order valence-corrected chi connectivity index (χ2v) is 5.61. The zero-order valence-corrected chi connectivity index (χ0v) is 12.6. The van der Waals surface area contributed by atoms with E-state index in [1.54, 1.807) is 0 Å². The molecule has 0 spiro atoms. The van der Waals surface area contributed by atoms with E-state index in [0.29, 0.717) is 6.42 Å². The first-order valence-corrected chi connectivity index (χ1v) is 7.03. The largest absolute Gasteiger partial charge is 0.352 e. The van der Waals surface area contributed by atoms with Crippen LogP contribution < -0.4 is 10.6 Å². The van der Waals surface area contributed by atoms with Crippen molar-refractivity contribution in [3.63, 3.8) is 0 Å². The normalized spacial score (nSPS) is 12.3. The predicted molar refractivity (Wildman–Crippen MR) is 80.2 cm³/mol. The molecule has 0 aliphatic heterocycles. The van der Waals surface area contributed by atoms with Crippen LogP contribution >= 0.6 is 0 Å². The number of hydrogen-bond acceptors (Lipinski definition) is 2. The zero-order chi connectivity index (χ0) is 15.1. The maximum absolute atomic E-state index is 12.1. The highest BCUT2D eigenvalue weighted by Crippen LogP contribution is 2.05. The van der Waals surface area contributed by atoms with Crippen molar-refractivity contribution >= 4 is 11.8 Å². The molecule has 1 aromatic carbocycles. The summed E-state index contributed by atoms with van der Waals surface area (Å²) >= 11 is 0. The minimum atomic E-state index is -0.492. The van der Waals surface area contributed by atoms with Crippen molar-refractivity contribution in [3.8, 4) is 0 Å². The Morgan fingerprint density at radius 3 is 2.10 bits per heavy atom. The average Bonchev–Trinajstić information content (AvgIpc) is 2.35. The molecule has 110 valence electrons. The van der Waals surface area contributed by atoms with E-state index in [-0.39, 0.29) is 23.8 Å². The maximum atomic E-state index is 12.1. The minimum Gasteiger partial charge on any atom is -0.352 e. The Morgan fingerprint density at radius 2 is 1.60 bits per heavy atom. The Morgan fingerprint density at radius 1 is 1.00 bits per heavy atom. The monoisotopic (exact) mass is 276 g/mol. The zero-order valence-electron chi connectivity index (χ0n) is 12.6. The molecule has 1 rings (SSSR count). The molecule has 0 aliphatic carbocycles.